The molecule has 0 aliphatic rings. The molecule has 0 heterocycles. The summed E-state index contributed by atoms with van der Waals surface area (Å²) in [5.74, 6) is -2.12. The molecule has 0 saturated carbocycles. The number of hydrogen-bond acceptors (Lipinski definition) is 3. The van der Waals surface area contributed by atoms with E-state index in [0.29, 0.717) is 5.69 Å². The van der Waals surface area contributed by atoms with Gasteiger partial charge < -0.3 is 11.1 Å². The van der Waals surface area contributed by atoms with E-state index < -0.39 is 11.6 Å². The van der Waals surface area contributed by atoms with Gasteiger partial charge in [0.15, 0.2) is 11.6 Å². The fourth-order valence-electron chi connectivity index (χ4n) is 1.55. The molecule has 3 nitrogen and oxygen atoms in total. The van der Waals surface area contributed by atoms with Gasteiger partial charge >= 0.3 is 0 Å². The normalized spacial score (nSPS) is 10.4. The summed E-state index contributed by atoms with van der Waals surface area (Å²) < 4.78 is 26.6. The van der Waals surface area contributed by atoms with Gasteiger partial charge in [0.2, 0.25) is 5.91 Å². The second kappa shape index (κ2) is 6.91. The number of rotatable bonds is 4. The van der Waals surface area contributed by atoms with Gasteiger partial charge in [-0.2, -0.15) is 0 Å². The Morgan fingerprint density at radius 1 is 1.19 bits per heavy atom. The highest BCUT2D eigenvalue weighted by atomic mass is 79.9. The van der Waals surface area contributed by atoms with Crippen LogP contribution in [0.15, 0.2) is 45.8 Å². The molecule has 7 heteroatoms. The SMILES string of the molecule is Nc1ccc(SCC(=O)Nc2ccc(F)c(F)c2)c(Br)c1. The minimum Gasteiger partial charge on any atom is -0.399 e. The van der Waals surface area contributed by atoms with Crippen LogP contribution in [-0.4, -0.2) is 11.7 Å². The van der Waals surface area contributed by atoms with E-state index in [4.69, 9.17) is 5.73 Å². The van der Waals surface area contributed by atoms with E-state index in [2.05, 4.69) is 21.2 Å². The molecular formula is C14H11BrF2N2OS. The summed E-state index contributed by atoms with van der Waals surface area (Å²) in [5, 5.41) is 2.50. The van der Waals surface area contributed by atoms with Crippen LogP contribution < -0.4 is 11.1 Å². The molecule has 0 unspecified atom stereocenters. The largest absolute Gasteiger partial charge is 0.399 e. The molecule has 21 heavy (non-hydrogen) atoms. The van der Waals surface area contributed by atoms with Crippen LogP contribution in [0.5, 0.6) is 0 Å². The van der Waals surface area contributed by atoms with Gasteiger partial charge in [0.1, 0.15) is 0 Å². The van der Waals surface area contributed by atoms with E-state index in [-0.39, 0.29) is 17.3 Å². The Labute approximate surface area is 133 Å². The summed E-state index contributed by atoms with van der Waals surface area (Å²) in [6, 6.07) is 8.50. The Morgan fingerprint density at radius 3 is 2.62 bits per heavy atom. The van der Waals surface area contributed by atoms with E-state index in [0.717, 1.165) is 21.5 Å². The predicted molar refractivity (Wildman–Crippen MR) is 84.3 cm³/mol. The van der Waals surface area contributed by atoms with Crippen LogP contribution in [0.2, 0.25) is 0 Å². The number of halogens is 3. The molecule has 1 amide bonds. The second-order valence-electron chi connectivity index (χ2n) is 4.16. The molecule has 3 N–H and O–H groups in total. The summed E-state index contributed by atoms with van der Waals surface area (Å²) in [5.41, 5.74) is 6.47. The molecule has 0 radical (unpaired) electrons. The van der Waals surface area contributed by atoms with Crippen LogP contribution >= 0.6 is 27.7 Å². The van der Waals surface area contributed by atoms with Crippen molar-refractivity contribution in [1.29, 1.82) is 0 Å². The Hall–Kier alpha value is -1.60. The highest BCUT2D eigenvalue weighted by molar-refractivity contribution is 9.10. The number of carbonyl (C=O) groups is 1. The molecule has 0 spiro atoms. The number of benzene rings is 2. The van der Waals surface area contributed by atoms with Crippen LogP contribution in [0.25, 0.3) is 0 Å². The minimum atomic E-state index is -0.998. The highest BCUT2D eigenvalue weighted by Gasteiger charge is 2.08. The van der Waals surface area contributed by atoms with Gasteiger partial charge in [-0.15, -0.1) is 11.8 Å². The third kappa shape index (κ3) is 4.44. The van der Waals surface area contributed by atoms with E-state index in [9.17, 15) is 13.6 Å². The van der Waals surface area contributed by atoms with Crippen molar-refractivity contribution < 1.29 is 13.6 Å². The van der Waals surface area contributed by atoms with Crippen molar-refractivity contribution in [1.82, 2.24) is 0 Å². The number of hydrogen-bond donors (Lipinski definition) is 2. The number of carbonyl (C=O) groups excluding carboxylic acids is 1. The molecule has 2 aromatic rings. The van der Waals surface area contributed by atoms with Crippen molar-refractivity contribution >= 4 is 45.0 Å². The number of nitrogen functional groups attached to an aromatic ring is 1. The molecule has 0 aliphatic heterocycles. The summed E-state index contributed by atoms with van der Waals surface area (Å²) in [6.07, 6.45) is 0. The van der Waals surface area contributed by atoms with Gasteiger partial charge in [-0.25, -0.2) is 8.78 Å². The monoisotopic (exact) mass is 372 g/mol. The van der Waals surface area contributed by atoms with Crippen molar-refractivity contribution in [3.05, 3.63) is 52.5 Å². The van der Waals surface area contributed by atoms with Crippen molar-refractivity contribution in [2.75, 3.05) is 16.8 Å². The van der Waals surface area contributed by atoms with Crippen molar-refractivity contribution in [3.8, 4) is 0 Å². The fourth-order valence-corrected chi connectivity index (χ4v) is 3.01. The Bertz CT molecular complexity index is 682. The fraction of sp³-hybridized carbons (Fsp3) is 0.0714. The smallest absolute Gasteiger partial charge is 0.234 e. The van der Waals surface area contributed by atoms with E-state index >= 15 is 0 Å². The third-order valence-corrected chi connectivity index (χ3v) is 4.51. The molecule has 2 aromatic carbocycles. The molecule has 0 fully saturated rings. The maximum atomic E-state index is 13.0. The topological polar surface area (TPSA) is 55.1 Å². The second-order valence-corrected chi connectivity index (χ2v) is 6.03. The predicted octanol–water partition coefficient (Wildman–Crippen LogP) is 4.04. The highest BCUT2D eigenvalue weighted by Crippen LogP contribution is 2.29. The summed E-state index contributed by atoms with van der Waals surface area (Å²) in [6.45, 7) is 0. The zero-order valence-corrected chi connectivity index (χ0v) is 13.1. The van der Waals surface area contributed by atoms with Gasteiger partial charge in [0, 0.05) is 26.8 Å². The quantitative estimate of drug-likeness (QED) is 0.628. The number of amides is 1. The lowest BCUT2D eigenvalue weighted by molar-refractivity contribution is -0.113. The van der Waals surface area contributed by atoms with E-state index in [1.807, 2.05) is 0 Å². The van der Waals surface area contributed by atoms with Crippen molar-refractivity contribution in [2.24, 2.45) is 0 Å². The lowest BCUT2D eigenvalue weighted by Gasteiger charge is -2.07. The summed E-state index contributed by atoms with van der Waals surface area (Å²) in [4.78, 5) is 12.6. The lowest BCUT2D eigenvalue weighted by Crippen LogP contribution is -2.14. The molecule has 0 saturated heterocycles. The molecule has 2 rings (SSSR count). The summed E-state index contributed by atoms with van der Waals surface area (Å²) in [7, 11) is 0. The molecule has 0 aliphatic carbocycles. The Kier molecular flexibility index (Phi) is 5.19. The number of nitrogens with two attached hydrogens (primary N) is 1. The van der Waals surface area contributed by atoms with Gasteiger partial charge in [-0.1, -0.05) is 0 Å². The average Bonchev–Trinajstić information content (AvgIpc) is 2.42. The van der Waals surface area contributed by atoms with E-state index in [1.165, 1.54) is 17.8 Å². The number of anilines is 2. The Balaban J connectivity index is 1.94. The zero-order valence-electron chi connectivity index (χ0n) is 10.7. The number of nitrogens with one attached hydrogen (secondary N) is 1. The van der Waals surface area contributed by atoms with Crippen LogP contribution in [-0.2, 0) is 4.79 Å². The first-order chi connectivity index (χ1) is 9.95. The van der Waals surface area contributed by atoms with Crippen molar-refractivity contribution in [2.45, 2.75) is 4.90 Å². The Morgan fingerprint density at radius 2 is 1.95 bits per heavy atom. The lowest BCUT2D eigenvalue weighted by atomic mass is 10.3. The molecule has 0 bridgehead atoms. The van der Waals surface area contributed by atoms with Crippen molar-refractivity contribution in [3.63, 3.8) is 0 Å². The third-order valence-electron chi connectivity index (χ3n) is 2.52. The standard InChI is InChI=1S/C14H11BrF2N2OS/c15-10-5-8(18)1-4-13(10)21-7-14(20)19-9-2-3-11(16)12(17)6-9/h1-6H,7,18H2,(H,19,20). The van der Waals surface area contributed by atoms with Gasteiger partial charge in [0.05, 0.1) is 5.75 Å². The molecular weight excluding hydrogens is 362 g/mol. The zero-order chi connectivity index (χ0) is 15.4. The van der Waals surface area contributed by atoms with E-state index in [1.54, 1.807) is 18.2 Å². The first-order valence-electron chi connectivity index (χ1n) is 5.88. The maximum absolute atomic E-state index is 13.0. The summed E-state index contributed by atoms with van der Waals surface area (Å²) >= 11 is 4.67. The minimum absolute atomic E-state index is 0.140. The first-order valence-corrected chi connectivity index (χ1v) is 7.66. The van der Waals surface area contributed by atoms with Crippen LogP contribution in [0.3, 0.4) is 0 Å². The van der Waals surface area contributed by atoms with Gasteiger partial charge in [-0.3, -0.25) is 4.79 Å². The van der Waals surface area contributed by atoms with Gasteiger partial charge in [0.25, 0.3) is 0 Å². The average molecular weight is 373 g/mol. The molecule has 0 atom stereocenters. The molecule has 110 valence electrons. The molecule has 0 aromatic heterocycles. The van der Waals surface area contributed by atoms with Crippen LogP contribution in [0, 0.1) is 11.6 Å². The van der Waals surface area contributed by atoms with Crippen LogP contribution in [0.1, 0.15) is 0 Å². The number of thioether (sulfide) groups is 1. The maximum Gasteiger partial charge on any atom is 0.234 e. The van der Waals surface area contributed by atoms with Crippen LogP contribution in [0.4, 0.5) is 20.2 Å². The first kappa shape index (κ1) is 15.8. The van der Waals surface area contributed by atoms with Gasteiger partial charge in [-0.05, 0) is 46.3 Å².